The van der Waals surface area contributed by atoms with Gasteiger partial charge < -0.3 is 5.32 Å². The Kier molecular flexibility index (Phi) is 5.18. The van der Waals surface area contributed by atoms with Crippen molar-refractivity contribution in [1.29, 1.82) is 0 Å². The molecule has 7 heteroatoms. The van der Waals surface area contributed by atoms with E-state index in [1.165, 1.54) is 0 Å². The molecule has 0 aliphatic rings. The van der Waals surface area contributed by atoms with Gasteiger partial charge in [-0.1, -0.05) is 38.5 Å². The molecule has 0 radical (unpaired) electrons. The highest BCUT2D eigenvalue weighted by Crippen LogP contribution is 2.26. The van der Waals surface area contributed by atoms with E-state index in [4.69, 9.17) is 0 Å². The summed E-state index contributed by atoms with van der Waals surface area (Å²) in [7, 11) is 0. The highest BCUT2D eigenvalue weighted by molar-refractivity contribution is 5.99. The first-order valence-electron chi connectivity index (χ1n) is 8.83. The Balaban J connectivity index is 1.90. The second-order valence-electron chi connectivity index (χ2n) is 7.65. The summed E-state index contributed by atoms with van der Waals surface area (Å²) >= 11 is 0. The van der Waals surface area contributed by atoms with E-state index < -0.39 is 17.7 Å². The van der Waals surface area contributed by atoms with Crippen molar-refractivity contribution in [3.8, 4) is 5.69 Å². The molecule has 2 amide bonds. The minimum Gasteiger partial charge on any atom is -0.307 e. The van der Waals surface area contributed by atoms with Crippen LogP contribution >= 0.6 is 0 Å². The minimum absolute atomic E-state index is 0.0208. The van der Waals surface area contributed by atoms with Gasteiger partial charge in [-0.15, -0.1) is 0 Å². The number of benzene rings is 2. The number of anilines is 2. The van der Waals surface area contributed by atoms with Gasteiger partial charge in [-0.3, -0.25) is 5.32 Å². The van der Waals surface area contributed by atoms with E-state index in [2.05, 4.69) is 15.7 Å². The predicted molar refractivity (Wildman–Crippen MR) is 106 cm³/mol. The topological polar surface area (TPSA) is 59.0 Å². The van der Waals surface area contributed by atoms with E-state index in [0.29, 0.717) is 5.82 Å². The van der Waals surface area contributed by atoms with E-state index in [1.807, 2.05) is 52.0 Å². The summed E-state index contributed by atoms with van der Waals surface area (Å²) in [6.07, 6.45) is 0. The number of carbonyl (C=O) groups excluding carboxylic acids is 1. The lowest BCUT2D eigenvalue weighted by atomic mass is 9.92. The van der Waals surface area contributed by atoms with E-state index in [9.17, 15) is 13.6 Å². The first kappa shape index (κ1) is 19.5. The Morgan fingerprint density at radius 2 is 1.57 bits per heavy atom. The molecule has 0 saturated heterocycles. The SMILES string of the molecule is Cc1ccc(-n2nc(C(C)(C)C)cc2NC(=O)Nc2cc(F)cc(F)c2)cc1. The molecule has 1 aromatic heterocycles. The molecule has 0 aliphatic carbocycles. The normalized spacial score (nSPS) is 11.4. The molecule has 146 valence electrons. The first-order chi connectivity index (χ1) is 13.1. The molecule has 28 heavy (non-hydrogen) atoms. The van der Waals surface area contributed by atoms with Crippen LogP contribution in [0.15, 0.2) is 48.5 Å². The van der Waals surface area contributed by atoms with Crippen molar-refractivity contribution < 1.29 is 13.6 Å². The molecule has 3 rings (SSSR count). The number of nitrogens with one attached hydrogen (secondary N) is 2. The lowest BCUT2D eigenvalue weighted by Crippen LogP contribution is -2.21. The number of hydrogen-bond donors (Lipinski definition) is 2. The van der Waals surface area contributed by atoms with Crippen LogP contribution in [0.1, 0.15) is 32.0 Å². The lowest BCUT2D eigenvalue weighted by molar-refractivity contribution is 0.262. The first-order valence-corrected chi connectivity index (χ1v) is 8.83. The zero-order valence-electron chi connectivity index (χ0n) is 16.2. The average Bonchev–Trinajstić information content (AvgIpc) is 2.98. The zero-order valence-corrected chi connectivity index (χ0v) is 16.2. The molecule has 0 saturated carbocycles. The molecule has 0 spiro atoms. The smallest absolute Gasteiger partial charge is 0.307 e. The van der Waals surface area contributed by atoms with E-state index in [-0.39, 0.29) is 11.1 Å². The number of urea groups is 1. The van der Waals surface area contributed by atoms with Crippen LogP contribution in [-0.2, 0) is 5.41 Å². The van der Waals surface area contributed by atoms with Crippen molar-refractivity contribution >= 4 is 17.5 Å². The molecule has 3 aromatic rings. The molecule has 1 heterocycles. The van der Waals surface area contributed by atoms with Gasteiger partial charge in [0.1, 0.15) is 17.5 Å². The fourth-order valence-corrected chi connectivity index (χ4v) is 2.62. The summed E-state index contributed by atoms with van der Waals surface area (Å²) in [5.74, 6) is -1.09. The van der Waals surface area contributed by atoms with Crippen LogP contribution < -0.4 is 10.6 Å². The Morgan fingerprint density at radius 1 is 0.964 bits per heavy atom. The molecule has 0 aliphatic heterocycles. The highest BCUT2D eigenvalue weighted by Gasteiger charge is 2.21. The third-order valence-electron chi connectivity index (χ3n) is 4.12. The highest BCUT2D eigenvalue weighted by atomic mass is 19.1. The molecule has 0 bridgehead atoms. The number of hydrogen-bond acceptors (Lipinski definition) is 2. The molecule has 0 atom stereocenters. The van der Waals surface area contributed by atoms with Gasteiger partial charge in [0.05, 0.1) is 11.4 Å². The van der Waals surface area contributed by atoms with Gasteiger partial charge in [-0.2, -0.15) is 5.10 Å². The monoisotopic (exact) mass is 384 g/mol. The van der Waals surface area contributed by atoms with Crippen molar-refractivity contribution in [2.75, 3.05) is 10.6 Å². The fraction of sp³-hybridized carbons (Fsp3) is 0.238. The minimum atomic E-state index is -0.769. The van der Waals surface area contributed by atoms with E-state index >= 15 is 0 Å². The molecular formula is C21H22F2N4O. The van der Waals surface area contributed by atoms with Crippen LogP contribution in [0.5, 0.6) is 0 Å². The van der Waals surface area contributed by atoms with Crippen LogP contribution in [-0.4, -0.2) is 15.8 Å². The van der Waals surface area contributed by atoms with Crippen molar-refractivity contribution in [2.24, 2.45) is 0 Å². The number of carbonyl (C=O) groups is 1. The summed E-state index contributed by atoms with van der Waals surface area (Å²) in [5, 5.41) is 9.77. The Hall–Kier alpha value is -3.22. The van der Waals surface area contributed by atoms with Gasteiger partial charge in [0.25, 0.3) is 0 Å². The molecule has 5 nitrogen and oxygen atoms in total. The van der Waals surface area contributed by atoms with E-state index in [1.54, 1.807) is 10.7 Å². The summed E-state index contributed by atoms with van der Waals surface area (Å²) in [4.78, 5) is 12.4. The predicted octanol–water partition coefficient (Wildman–Crippen LogP) is 5.40. The standard InChI is InChI=1S/C21H22F2N4O/c1-13-5-7-17(8-6-13)27-19(12-18(26-27)21(2,3)4)25-20(28)24-16-10-14(22)9-15(23)11-16/h5-12H,1-4H3,(H2,24,25,28). The van der Waals surface area contributed by atoms with Gasteiger partial charge in [0.15, 0.2) is 0 Å². The molecule has 2 N–H and O–H groups in total. The Bertz CT molecular complexity index is 984. The maximum atomic E-state index is 13.3. The maximum Gasteiger partial charge on any atom is 0.324 e. The van der Waals surface area contributed by atoms with Gasteiger partial charge in [-0.25, -0.2) is 18.3 Å². The third kappa shape index (κ3) is 4.54. The molecular weight excluding hydrogens is 362 g/mol. The lowest BCUT2D eigenvalue weighted by Gasteiger charge is -2.14. The number of aromatic nitrogens is 2. The summed E-state index contributed by atoms with van der Waals surface area (Å²) in [5.41, 5.74) is 2.47. The summed E-state index contributed by atoms with van der Waals surface area (Å²) in [6.45, 7) is 8.05. The quantitative estimate of drug-likeness (QED) is 0.635. The van der Waals surface area contributed by atoms with Crippen LogP contribution in [0, 0.1) is 18.6 Å². The third-order valence-corrected chi connectivity index (χ3v) is 4.12. The van der Waals surface area contributed by atoms with Crippen LogP contribution in [0.4, 0.5) is 25.1 Å². The average molecular weight is 384 g/mol. The van der Waals surface area contributed by atoms with Crippen molar-refractivity contribution in [1.82, 2.24) is 9.78 Å². The van der Waals surface area contributed by atoms with E-state index in [0.717, 1.165) is 35.1 Å². The van der Waals surface area contributed by atoms with Gasteiger partial charge in [0.2, 0.25) is 0 Å². The summed E-state index contributed by atoms with van der Waals surface area (Å²) in [6, 6.07) is 11.7. The number of halogens is 2. The zero-order chi connectivity index (χ0) is 20.5. The molecule has 0 fully saturated rings. The largest absolute Gasteiger partial charge is 0.324 e. The van der Waals surface area contributed by atoms with Crippen LogP contribution in [0.25, 0.3) is 5.69 Å². The molecule has 0 unspecified atom stereocenters. The molecule has 2 aromatic carbocycles. The number of aryl methyl sites for hydroxylation is 1. The van der Waals surface area contributed by atoms with Crippen molar-refractivity contribution in [2.45, 2.75) is 33.1 Å². The van der Waals surface area contributed by atoms with Gasteiger partial charge in [0, 0.05) is 23.2 Å². The van der Waals surface area contributed by atoms with Gasteiger partial charge >= 0.3 is 6.03 Å². The second-order valence-corrected chi connectivity index (χ2v) is 7.65. The van der Waals surface area contributed by atoms with Gasteiger partial charge in [-0.05, 0) is 31.2 Å². The Morgan fingerprint density at radius 3 is 2.14 bits per heavy atom. The van der Waals surface area contributed by atoms with Crippen LogP contribution in [0.3, 0.4) is 0 Å². The second kappa shape index (κ2) is 7.42. The number of nitrogens with zero attached hydrogens (tertiary/aromatic N) is 2. The van der Waals surface area contributed by atoms with Crippen molar-refractivity contribution in [3.05, 3.63) is 71.4 Å². The number of rotatable bonds is 3. The maximum absolute atomic E-state index is 13.3. The number of amides is 2. The van der Waals surface area contributed by atoms with Crippen LogP contribution in [0.2, 0.25) is 0 Å². The fourth-order valence-electron chi connectivity index (χ4n) is 2.62. The van der Waals surface area contributed by atoms with Crippen molar-refractivity contribution in [3.63, 3.8) is 0 Å². The Labute approximate surface area is 162 Å². The summed E-state index contributed by atoms with van der Waals surface area (Å²) < 4.78 is 28.3.